The van der Waals surface area contributed by atoms with Crippen LogP contribution in [0.5, 0.6) is 0 Å². The normalized spacial score (nSPS) is 17.9. The van der Waals surface area contributed by atoms with Crippen molar-refractivity contribution in [2.75, 3.05) is 18.9 Å². The molecule has 5 nitrogen and oxygen atoms in total. The molecule has 1 fully saturated rings. The summed E-state index contributed by atoms with van der Waals surface area (Å²) in [6.45, 7) is 0.313. The third-order valence-corrected chi connectivity index (χ3v) is 4.54. The number of anilines is 1. The van der Waals surface area contributed by atoms with Crippen LogP contribution in [0.2, 0.25) is 0 Å². The fraction of sp³-hybridized carbons (Fsp3) is 0.455. The zero-order valence-corrected chi connectivity index (χ0v) is 10.2. The first-order valence-corrected chi connectivity index (χ1v) is 6.92. The van der Waals surface area contributed by atoms with Crippen LogP contribution >= 0.6 is 0 Å². The highest BCUT2D eigenvalue weighted by Gasteiger charge is 2.42. The highest BCUT2D eigenvalue weighted by atomic mass is 32.2. The summed E-state index contributed by atoms with van der Waals surface area (Å²) in [6, 6.07) is 6.04. The van der Waals surface area contributed by atoms with Gasteiger partial charge in [-0.3, -0.25) is 0 Å². The largest absolute Gasteiger partial charge is 0.399 e. The Labute approximate surface area is 101 Å². The van der Waals surface area contributed by atoms with Crippen molar-refractivity contribution < 1.29 is 13.5 Å². The Morgan fingerprint density at radius 3 is 2.35 bits per heavy atom. The maximum Gasteiger partial charge on any atom is 0.240 e. The van der Waals surface area contributed by atoms with Crippen molar-refractivity contribution in [2.24, 2.45) is 5.41 Å². The zero-order chi connectivity index (χ0) is 12.5. The molecule has 0 saturated heterocycles. The molecule has 1 aromatic rings. The van der Waals surface area contributed by atoms with E-state index < -0.39 is 10.0 Å². The van der Waals surface area contributed by atoms with Crippen LogP contribution in [0.3, 0.4) is 0 Å². The second-order valence-electron chi connectivity index (χ2n) is 4.55. The summed E-state index contributed by atoms with van der Waals surface area (Å²) in [5, 5.41) is 9.11. The number of nitrogens with one attached hydrogen (secondary N) is 1. The van der Waals surface area contributed by atoms with Crippen LogP contribution in [-0.4, -0.2) is 26.7 Å². The lowest BCUT2D eigenvalue weighted by Gasteiger charge is -2.13. The summed E-state index contributed by atoms with van der Waals surface area (Å²) >= 11 is 0. The van der Waals surface area contributed by atoms with Crippen molar-refractivity contribution in [3.8, 4) is 0 Å². The molecule has 0 bridgehead atoms. The van der Waals surface area contributed by atoms with E-state index in [0.29, 0.717) is 5.69 Å². The Kier molecular flexibility index (Phi) is 3.11. The third kappa shape index (κ3) is 2.77. The van der Waals surface area contributed by atoms with Gasteiger partial charge >= 0.3 is 0 Å². The molecule has 17 heavy (non-hydrogen) atoms. The Morgan fingerprint density at radius 1 is 1.29 bits per heavy atom. The van der Waals surface area contributed by atoms with E-state index in [1.165, 1.54) is 12.1 Å². The first kappa shape index (κ1) is 12.3. The number of nitrogen functional groups attached to an aromatic ring is 1. The molecule has 0 atom stereocenters. The summed E-state index contributed by atoms with van der Waals surface area (Å²) in [7, 11) is -3.50. The molecule has 94 valence electrons. The molecule has 0 unspecified atom stereocenters. The Balaban J connectivity index is 2.06. The Morgan fingerprint density at radius 2 is 1.88 bits per heavy atom. The maximum atomic E-state index is 11.9. The van der Waals surface area contributed by atoms with Gasteiger partial charge in [-0.2, -0.15) is 0 Å². The highest BCUT2D eigenvalue weighted by molar-refractivity contribution is 7.89. The monoisotopic (exact) mass is 256 g/mol. The van der Waals surface area contributed by atoms with E-state index in [0.717, 1.165) is 12.8 Å². The molecule has 6 heteroatoms. The summed E-state index contributed by atoms with van der Waals surface area (Å²) < 4.78 is 26.3. The molecule has 2 rings (SSSR count). The number of aliphatic hydroxyl groups is 1. The molecular weight excluding hydrogens is 240 g/mol. The molecule has 0 radical (unpaired) electrons. The molecule has 0 heterocycles. The molecule has 1 aromatic carbocycles. The number of nitrogens with two attached hydrogens (primary N) is 1. The lowest BCUT2D eigenvalue weighted by molar-refractivity contribution is 0.213. The van der Waals surface area contributed by atoms with Crippen molar-refractivity contribution in [2.45, 2.75) is 17.7 Å². The lowest BCUT2D eigenvalue weighted by atomic mass is 10.1. The molecule has 0 spiro atoms. The minimum absolute atomic E-state index is 0.0251. The van der Waals surface area contributed by atoms with Crippen molar-refractivity contribution >= 4 is 15.7 Å². The van der Waals surface area contributed by atoms with Gasteiger partial charge in [0.25, 0.3) is 0 Å². The topological polar surface area (TPSA) is 92.4 Å². The van der Waals surface area contributed by atoms with Crippen LogP contribution in [0.1, 0.15) is 12.8 Å². The predicted octanol–water partition coefficient (Wildman–Crippen LogP) is 0.320. The lowest BCUT2D eigenvalue weighted by Crippen LogP contribution is -2.31. The number of rotatable bonds is 5. The Bertz CT molecular complexity index is 492. The molecule has 0 amide bonds. The van der Waals surface area contributed by atoms with Crippen LogP contribution in [0.4, 0.5) is 5.69 Å². The molecule has 1 aliphatic rings. The number of hydrogen-bond donors (Lipinski definition) is 3. The van der Waals surface area contributed by atoms with E-state index in [2.05, 4.69) is 4.72 Å². The van der Waals surface area contributed by atoms with Gasteiger partial charge in [0.15, 0.2) is 0 Å². The minimum Gasteiger partial charge on any atom is -0.399 e. The van der Waals surface area contributed by atoms with Gasteiger partial charge in [-0.25, -0.2) is 13.1 Å². The fourth-order valence-electron chi connectivity index (χ4n) is 1.55. The summed E-state index contributed by atoms with van der Waals surface area (Å²) in [5.74, 6) is 0. The van der Waals surface area contributed by atoms with Gasteiger partial charge in [0, 0.05) is 24.3 Å². The predicted molar refractivity (Wildman–Crippen MR) is 64.8 cm³/mol. The highest BCUT2D eigenvalue weighted by Crippen LogP contribution is 2.44. The van der Waals surface area contributed by atoms with Crippen molar-refractivity contribution in [1.82, 2.24) is 4.72 Å². The van der Waals surface area contributed by atoms with Crippen molar-refractivity contribution in [3.05, 3.63) is 24.3 Å². The van der Waals surface area contributed by atoms with Gasteiger partial charge in [0.2, 0.25) is 10.0 Å². The van der Waals surface area contributed by atoms with E-state index in [9.17, 15) is 8.42 Å². The van der Waals surface area contributed by atoms with E-state index in [4.69, 9.17) is 10.8 Å². The van der Waals surface area contributed by atoms with Crippen LogP contribution < -0.4 is 10.5 Å². The quantitative estimate of drug-likeness (QED) is 0.661. The van der Waals surface area contributed by atoms with Gasteiger partial charge < -0.3 is 10.8 Å². The summed E-state index contributed by atoms with van der Waals surface area (Å²) in [5.41, 5.74) is 5.79. The summed E-state index contributed by atoms with van der Waals surface area (Å²) in [4.78, 5) is 0.195. The van der Waals surface area contributed by atoms with Gasteiger partial charge in [0.05, 0.1) is 4.90 Å². The SMILES string of the molecule is Nc1ccc(S(=O)(=O)NCC2(CO)CC2)cc1. The Hall–Kier alpha value is -1.11. The molecule has 4 N–H and O–H groups in total. The second kappa shape index (κ2) is 4.29. The maximum absolute atomic E-state index is 11.9. The van der Waals surface area contributed by atoms with Crippen LogP contribution in [0.15, 0.2) is 29.2 Å². The molecular formula is C11H16N2O3S. The number of hydrogen-bond acceptors (Lipinski definition) is 4. The van der Waals surface area contributed by atoms with Gasteiger partial charge in [0.1, 0.15) is 0 Å². The van der Waals surface area contributed by atoms with Gasteiger partial charge in [-0.1, -0.05) is 0 Å². The average molecular weight is 256 g/mol. The minimum atomic E-state index is -3.50. The van der Waals surface area contributed by atoms with Crippen LogP contribution in [0.25, 0.3) is 0 Å². The van der Waals surface area contributed by atoms with E-state index >= 15 is 0 Å². The number of benzene rings is 1. The van der Waals surface area contributed by atoms with E-state index in [1.54, 1.807) is 12.1 Å². The van der Waals surface area contributed by atoms with E-state index in [-0.39, 0.29) is 23.5 Å². The molecule has 1 saturated carbocycles. The van der Waals surface area contributed by atoms with Crippen LogP contribution in [-0.2, 0) is 10.0 Å². The number of aliphatic hydroxyl groups excluding tert-OH is 1. The van der Waals surface area contributed by atoms with E-state index in [1.807, 2.05) is 0 Å². The van der Waals surface area contributed by atoms with Crippen molar-refractivity contribution in [1.29, 1.82) is 0 Å². The molecule has 0 aromatic heterocycles. The standard InChI is InChI=1S/C11H16N2O3S/c12-9-1-3-10(4-2-9)17(15,16)13-7-11(8-14)5-6-11/h1-4,13-14H,5-8,12H2. The van der Waals surface area contributed by atoms with Gasteiger partial charge in [-0.15, -0.1) is 0 Å². The van der Waals surface area contributed by atoms with Crippen LogP contribution in [0, 0.1) is 5.41 Å². The third-order valence-electron chi connectivity index (χ3n) is 3.12. The fourth-order valence-corrected chi connectivity index (χ4v) is 2.70. The average Bonchev–Trinajstić information content (AvgIpc) is 3.08. The first-order valence-electron chi connectivity index (χ1n) is 5.44. The molecule has 0 aliphatic heterocycles. The zero-order valence-electron chi connectivity index (χ0n) is 9.39. The molecule has 1 aliphatic carbocycles. The second-order valence-corrected chi connectivity index (χ2v) is 6.32. The van der Waals surface area contributed by atoms with Crippen molar-refractivity contribution in [3.63, 3.8) is 0 Å². The summed E-state index contributed by atoms with van der Waals surface area (Å²) in [6.07, 6.45) is 1.74. The first-order chi connectivity index (χ1) is 7.97. The van der Waals surface area contributed by atoms with Gasteiger partial charge in [-0.05, 0) is 37.1 Å². The smallest absolute Gasteiger partial charge is 0.240 e. The number of sulfonamides is 1.